The molecular weight excluding hydrogens is 198 g/mol. The summed E-state index contributed by atoms with van der Waals surface area (Å²) in [7, 11) is 0. The van der Waals surface area contributed by atoms with Crippen molar-refractivity contribution in [3.05, 3.63) is 34.4 Å². The van der Waals surface area contributed by atoms with E-state index < -0.39 is 0 Å². The number of hydrogen-bond donors (Lipinski definition) is 1. The first-order chi connectivity index (χ1) is 7.77. The zero-order valence-electron chi connectivity index (χ0n) is 10.7. The molecule has 1 aliphatic rings. The van der Waals surface area contributed by atoms with E-state index in [4.69, 9.17) is 0 Å². The van der Waals surface area contributed by atoms with Crippen LogP contribution < -0.4 is 5.32 Å². The van der Waals surface area contributed by atoms with Crippen LogP contribution in [0.1, 0.15) is 54.7 Å². The Balaban J connectivity index is 0.000000606. The Morgan fingerprint density at radius 2 is 1.88 bits per heavy atom. The smallest absolute Gasteiger partial charge is 0.252 e. The lowest BCUT2D eigenvalue weighted by molar-refractivity contribution is 0.0965. The van der Waals surface area contributed by atoms with Gasteiger partial charge in [0.1, 0.15) is 0 Å². The molecule has 0 unspecified atom stereocenters. The second kappa shape index (κ2) is 5.69. The molecular formula is C14H21NO. The molecule has 2 heteroatoms. The fraction of sp³-hybridized carbons (Fsp3) is 0.500. The Hall–Kier alpha value is -1.31. The lowest BCUT2D eigenvalue weighted by atomic mass is 9.94. The van der Waals surface area contributed by atoms with Crippen molar-refractivity contribution in [3.63, 3.8) is 0 Å². The van der Waals surface area contributed by atoms with Crippen molar-refractivity contribution in [2.75, 3.05) is 0 Å². The first kappa shape index (κ1) is 12.8. The van der Waals surface area contributed by atoms with Gasteiger partial charge >= 0.3 is 0 Å². The summed E-state index contributed by atoms with van der Waals surface area (Å²) in [4.78, 5) is 11.6. The minimum atomic E-state index is 0.104. The molecule has 16 heavy (non-hydrogen) atoms. The predicted molar refractivity (Wildman–Crippen MR) is 67.7 cm³/mol. The lowest BCUT2D eigenvalue weighted by Gasteiger charge is -2.09. The molecule has 0 radical (unpaired) electrons. The van der Waals surface area contributed by atoms with Crippen molar-refractivity contribution < 1.29 is 4.79 Å². The fourth-order valence-corrected chi connectivity index (χ4v) is 2.17. The minimum Gasteiger partial charge on any atom is -0.348 e. The van der Waals surface area contributed by atoms with Gasteiger partial charge in [0.05, 0.1) is 0 Å². The van der Waals surface area contributed by atoms with Crippen LogP contribution in [0.4, 0.5) is 0 Å². The van der Waals surface area contributed by atoms with Crippen LogP contribution in [0.15, 0.2) is 12.1 Å². The zero-order chi connectivity index (χ0) is 12.1. The third kappa shape index (κ3) is 2.11. The highest BCUT2D eigenvalue weighted by Gasteiger charge is 2.22. The second-order valence-corrected chi connectivity index (χ2v) is 3.63. The fourth-order valence-electron chi connectivity index (χ4n) is 2.17. The summed E-state index contributed by atoms with van der Waals surface area (Å²) < 4.78 is 0. The molecule has 2 nitrogen and oxygen atoms in total. The van der Waals surface area contributed by atoms with E-state index in [1.165, 1.54) is 11.1 Å². The standard InChI is InChI=1S/C12H15NO.C2H6/c1-3-8-5-6-9-7-13-12(14)11(9)10(8)4-2;1-2/h5-6H,3-4,7H2,1-2H3,(H,13,14);1-2H3. The third-order valence-corrected chi connectivity index (χ3v) is 2.90. The molecule has 2 rings (SSSR count). The molecule has 0 saturated heterocycles. The van der Waals surface area contributed by atoms with E-state index in [9.17, 15) is 4.79 Å². The summed E-state index contributed by atoms with van der Waals surface area (Å²) in [5.74, 6) is 0.104. The van der Waals surface area contributed by atoms with Crippen LogP contribution in [-0.4, -0.2) is 5.91 Å². The molecule has 1 aromatic carbocycles. The van der Waals surface area contributed by atoms with Gasteiger partial charge in [0.25, 0.3) is 5.91 Å². The van der Waals surface area contributed by atoms with Crippen LogP contribution >= 0.6 is 0 Å². The van der Waals surface area contributed by atoms with Gasteiger partial charge < -0.3 is 5.32 Å². The molecule has 0 fully saturated rings. The summed E-state index contributed by atoms with van der Waals surface area (Å²) in [6, 6.07) is 4.23. The average molecular weight is 219 g/mol. The van der Waals surface area contributed by atoms with Gasteiger partial charge in [-0.15, -0.1) is 0 Å². The molecule has 88 valence electrons. The molecule has 1 amide bonds. The monoisotopic (exact) mass is 219 g/mol. The van der Waals surface area contributed by atoms with Crippen LogP contribution in [0.2, 0.25) is 0 Å². The summed E-state index contributed by atoms with van der Waals surface area (Å²) in [6.07, 6.45) is 1.95. The number of amides is 1. The van der Waals surface area contributed by atoms with E-state index in [1.807, 2.05) is 13.8 Å². The van der Waals surface area contributed by atoms with Gasteiger partial charge in [-0.05, 0) is 29.5 Å². The first-order valence-electron chi connectivity index (χ1n) is 6.19. The van der Waals surface area contributed by atoms with Crippen LogP contribution in [0, 0.1) is 0 Å². The molecule has 0 saturated carbocycles. The van der Waals surface area contributed by atoms with E-state index in [1.54, 1.807) is 0 Å². The molecule has 0 atom stereocenters. The van der Waals surface area contributed by atoms with Gasteiger partial charge in [-0.3, -0.25) is 4.79 Å². The molecule has 1 aliphatic heterocycles. The van der Waals surface area contributed by atoms with Crippen molar-refractivity contribution in [1.29, 1.82) is 0 Å². The summed E-state index contributed by atoms with van der Waals surface area (Å²) in [6.45, 7) is 8.94. The van der Waals surface area contributed by atoms with Gasteiger partial charge in [-0.1, -0.05) is 39.8 Å². The van der Waals surface area contributed by atoms with Crippen LogP contribution in [0.5, 0.6) is 0 Å². The topological polar surface area (TPSA) is 29.1 Å². The molecule has 0 aromatic heterocycles. The van der Waals surface area contributed by atoms with E-state index in [-0.39, 0.29) is 5.91 Å². The number of rotatable bonds is 2. The highest BCUT2D eigenvalue weighted by atomic mass is 16.1. The Bertz CT molecular complexity index is 383. The normalized spacial score (nSPS) is 12.6. The summed E-state index contributed by atoms with van der Waals surface area (Å²) in [5.41, 5.74) is 4.64. The quantitative estimate of drug-likeness (QED) is 0.813. The Morgan fingerprint density at radius 3 is 2.44 bits per heavy atom. The van der Waals surface area contributed by atoms with Crippen molar-refractivity contribution >= 4 is 5.91 Å². The van der Waals surface area contributed by atoms with Crippen molar-refractivity contribution in [2.45, 2.75) is 47.1 Å². The maximum Gasteiger partial charge on any atom is 0.252 e. The Morgan fingerprint density at radius 1 is 1.19 bits per heavy atom. The average Bonchev–Trinajstić information content (AvgIpc) is 2.72. The van der Waals surface area contributed by atoms with Gasteiger partial charge in [0.2, 0.25) is 0 Å². The van der Waals surface area contributed by atoms with Gasteiger partial charge in [0, 0.05) is 12.1 Å². The molecule has 1 aromatic rings. The second-order valence-electron chi connectivity index (χ2n) is 3.63. The molecule has 0 spiro atoms. The van der Waals surface area contributed by atoms with Crippen molar-refractivity contribution in [1.82, 2.24) is 5.32 Å². The maximum absolute atomic E-state index is 11.6. The van der Waals surface area contributed by atoms with Gasteiger partial charge in [-0.25, -0.2) is 0 Å². The largest absolute Gasteiger partial charge is 0.348 e. The SMILES string of the molecule is CC.CCc1ccc2c(c1CC)C(=O)NC2. The predicted octanol–water partition coefficient (Wildman–Crippen LogP) is 3.08. The number of benzene rings is 1. The number of aryl methyl sites for hydroxylation is 1. The van der Waals surface area contributed by atoms with E-state index in [2.05, 4.69) is 31.3 Å². The molecule has 1 heterocycles. The zero-order valence-corrected chi connectivity index (χ0v) is 10.7. The van der Waals surface area contributed by atoms with Crippen molar-refractivity contribution in [3.8, 4) is 0 Å². The first-order valence-corrected chi connectivity index (χ1v) is 6.19. The van der Waals surface area contributed by atoms with E-state index in [0.717, 1.165) is 24.0 Å². The Kier molecular flexibility index (Phi) is 4.53. The van der Waals surface area contributed by atoms with Crippen LogP contribution in [0.3, 0.4) is 0 Å². The summed E-state index contributed by atoms with van der Waals surface area (Å²) >= 11 is 0. The number of carbonyl (C=O) groups is 1. The lowest BCUT2D eigenvalue weighted by Crippen LogP contribution is -2.14. The number of carbonyl (C=O) groups excluding carboxylic acids is 1. The number of fused-ring (bicyclic) bond motifs is 1. The van der Waals surface area contributed by atoms with E-state index >= 15 is 0 Å². The maximum atomic E-state index is 11.6. The van der Waals surface area contributed by atoms with Gasteiger partial charge in [0.15, 0.2) is 0 Å². The Labute approximate surface area is 98.1 Å². The number of hydrogen-bond acceptors (Lipinski definition) is 1. The third-order valence-electron chi connectivity index (χ3n) is 2.90. The van der Waals surface area contributed by atoms with Crippen molar-refractivity contribution in [2.24, 2.45) is 0 Å². The minimum absolute atomic E-state index is 0.104. The van der Waals surface area contributed by atoms with E-state index in [0.29, 0.717) is 6.54 Å². The molecule has 0 aliphatic carbocycles. The molecule has 1 N–H and O–H groups in total. The highest BCUT2D eigenvalue weighted by molar-refractivity contribution is 6.00. The number of nitrogens with one attached hydrogen (secondary N) is 1. The molecule has 0 bridgehead atoms. The highest BCUT2D eigenvalue weighted by Crippen LogP contribution is 2.24. The van der Waals surface area contributed by atoms with Crippen LogP contribution in [0.25, 0.3) is 0 Å². The van der Waals surface area contributed by atoms with Crippen LogP contribution in [-0.2, 0) is 19.4 Å². The van der Waals surface area contributed by atoms with Gasteiger partial charge in [-0.2, -0.15) is 0 Å². The summed E-state index contributed by atoms with van der Waals surface area (Å²) in [5, 5.41) is 2.87.